The normalized spacial score (nSPS) is 23.9. The van der Waals surface area contributed by atoms with Gasteiger partial charge in [-0.3, -0.25) is 0 Å². The zero-order valence-electron chi connectivity index (χ0n) is 16.9. The van der Waals surface area contributed by atoms with Gasteiger partial charge in [0.1, 0.15) is 15.7 Å². The van der Waals surface area contributed by atoms with E-state index < -0.39 is 9.84 Å². The number of nitrogens with zero attached hydrogens (tertiary/aromatic N) is 6. The lowest BCUT2D eigenvalue weighted by Gasteiger charge is -2.41. The van der Waals surface area contributed by atoms with Crippen LogP contribution in [-0.2, 0) is 21.0 Å². The van der Waals surface area contributed by atoms with E-state index >= 15 is 0 Å². The maximum atomic E-state index is 11.9. The summed E-state index contributed by atoms with van der Waals surface area (Å²) in [5.74, 6) is 1.78. The molecule has 0 unspecified atom stereocenters. The van der Waals surface area contributed by atoms with Crippen molar-refractivity contribution < 1.29 is 13.2 Å². The van der Waals surface area contributed by atoms with E-state index in [1.54, 1.807) is 12.4 Å². The van der Waals surface area contributed by atoms with Gasteiger partial charge >= 0.3 is 0 Å². The first-order valence-electron chi connectivity index (χ1n) is 10.2. The van der Waals surface area contributed by atoms with E-state index in [4.69, 9.17) is 20.4 Å². The molecule has 160 valence electrons. The molecule has 2 aromatic heterocycles. The van der Waals surface area contributed by atoms with Crippen molar-refractivity contribution in [3.63, 3.8) is 0 Å². The molecule has 3 aliphatic rings. The fourth-order valence-corrected chi connectivity index (χ4v) is 5.51. The van der Waals surface area contributed by atoms with E-state index in [2.05, 4.69) is 19.8 Å². The van der Waals surface area contributed by atoms with Gasteiger partial charge in [0.15, 0.2) is 0 Å². The van der Waals surface area contributed by atoms with E-state index in [0.717, 1.165) is 48.7 Å². The molecule has 5 rings (SSSR count). The summed E-state index contributed by atoms with van der Waals surface area (Å²) in [5, 5.41) is -0.253. The fraction of sp³-hybridized carbons (Fsp3) is 0.579. The van der Waals surface area contributed by atoms with Crippen LogP contribution in [-0.4, -0.2) is 78.7 Å². The SMILES string of the molecule is CS(=O)(=O)C1CC(N2CCc3c(-c4cnc(N)nc4)nc(N4CCOCC4)nc32)C1. The Hall–Kier alpha value is -2.53. The van der Waals surface area contributed by atoms with Gasteiger partial charge in [-0.25, -0.2) is 23.4 Å². The molecule has 4 heterocycles. The number of morpholine rings is 1. The summed E-state index contributed by atoms with van der Waals surface area (Å²) in [6.45, 7) is 3.55. The molecule has 0 spiro atoms. The maximum Gasteiger partial charge on any atom is 0.228 e. The van der Waals surface area contributed by atoms with Crippen LogP contribution >= 0.6 is 0 Å². The molecule has 1 saturated heterocycles. The van der Waals surface area contributed by atoms with Gasteiger partial charge in [-0.2, -0.15) is 4.98 Å². The third-order valence-electron chi connectivity index (χ3n) is 6.20. The highest BCUT2D eigenvalue weighted by molar-refractivity contribution is 7.91. The highest BCUT2D eigenvalue weighted by Gasteiger charge is 2.42. The molecule has 0 bridgehead atoms. The molecular formula is C19H25N7O3S. The van der Waals surface area contributed by atoms with Crippen molar-refractivity contribution in [2.45, 2.75) is 30.6 Å². The monoisotopic (exact) mass is 431 g/mol. The Morgan fingerprint density at radius 3 is 2.47 bits per heavy atom. The third-order valence-corrected chi connectivity index (χ3v) is 7.80. The molecule has 2 N–H and O–H groups in total. The molecule has 0 radical (unpaired) electrons. The van der Waals surface area contributed by atoms with E-state index in [0.29, 0.717) is 32.0 Å². The number of sulfone groups is 1. The summed E-state index contributed by atoms with van der Waals surface area (Å²) in [4.78, 5) is 22.4. The largest absolute Gasteiger partial charge is 0.378 e. The van der Waals surface area contributed by atoms with Crippen LogP contribution < -0.4 is 15.5 Å². The number of nitrogens with two attached hydrogens (primary N) is 1. The molecule has 2 aromatic rings. The molecule has 0 aromatic carbocycles. The summed E-state index contributed by atoms with van der Waals surface area (Å²) in [7, 11) is -3.00. The standard InChI is InChI=1S/C19H25N7O3S/c1-30(27,28)14-8-13(9-14)26-3-2-15-16(12-10-21-18(20)22-11-12)23-19(24-17(15)26)25-4-6-29-7-5-25/h10-11,13-14H,2-9H2,1H3,(H2,20,21,22). The predicted octanol–water partition coefficient (Wildman–Crippen LogP) is 0.291. The van der Waals surface area contributed by atoms with Crippen LogP contribution in [0, 0.1) is 0 Å². The Bertz CT molecular complexity index is 1050. The zero-order valence-corrected chi connectivity index (χ0v) is 17.7. The van der Waals surface area contributed by atoms with E-state index in [-0.39, 0.29) is 17.2 Å². The van der Waals surface area contributed by atoms with Crippen molar-refractivity contribution in [1.29, 1.82) is 0 Å². The van der Waals surface area contributed by atoms with Crippen molar-refractivity contribution in [3.8, 4) is 11.3 Å². The van der Waals surface area contributed by atoms with Crippen molar-refractivity contribution in [2.75, 3.05) is 54.6 Å². The Morgan fingerprint density at radius 2 is 1.80 bits per heavy atom. The minimum Gasteiger partial charge on any atom is -0.378 e. The van der Waals surface area contributed by atoms with Crippen LogP contribution in [0.15, 0.2) is 12.4 Å². The number of hydrogen-bond donors (Lipinski definition) is 1. The van der Waals surface area contributed by atoms with Crippen LogP contribution in [0.25, 0.3) is 11.3 Å². The Balaban J connectivity index is 1.52. The minimum atomic E-state index is -3.00. The summed E-state index contributed by atoms with van der Waals surface area (Å²) < 4.78 is 29.2. The van der Waals surface area contributed by atoms with Crippen molar-refractivity contribution in [1.82, 2.24) is 19.9 Å². The van der Waals surface area contributed by atoms with Crippen LogP contribution in [0.5, 0.6) is 0 Å². The number of aromatic nitrogens is 4. The second-order valence-corrected chi connectivity index (χ2v) is 10.4. The van der Waals surface area contributed by atoms with Gasteiger partial charge in [-0.05, 0) is 19.3 Å². The number of nitrogen functional groups attached to an aromatic ring is 1. The third kappa shape index (κ3) is 3.45. The van der Waals surface area contributed by atoms with Crippen LogP contribution in [0.3, 0.4) is 0 Å². The topological polar surface area (TPSA) is 127 Å². The lowest BCUT2D eigenvalue weighted by molar-refractivity contribution is 0.122. The first-order valence-corrected chi connectivity index (χ1v) is 12.1. The highest BCUT2D eigenvalue weighted by Crippen LogP contribution is 2.41. The summed E-state index contributed by atoms with van der Waals surface area (Å²) in [6, 6.07) is 0.189. The lowest BCUT2D eigenvalue weighted by Crippen LogP contribution is -2.49. The first kappa shape index (κ1) is 19.4. The van der Waals surface area contributed by atoms with Crippen molar-refractivity contribution in [3.05, 3.63) is 18.0 Å². The highest BCUT2D eigenvalue weighted by atomic mass is 32.2. The molecule has 1 saturated carbocycles. The fourth-order valence-electron chi connectivity index (χ4n) is 4.37. The van der Waals surface area contributed by atoms with E-state index in [9.17, 15) is 8.42 Å². The molecular weight excluding hydrogens is 406 g/mol. The smallest absolute Gasteiger partial charge is 0.228 e. The summed E-state index contributed by atoms with van der Waals surface area (Å²) >= 11 is 0. The van der Waals surface area contributed by atoms with Crippen LogP contribution in [0.1, 0.15) is 18.4 Å². The van der Waals surface area contributed by atoms with Gasteiger partial charge in [0.25, 0.3) is 0 Å². The molecule has 0 amide bonds. The second-order valence-electron chi connectivity index (χ2n) is 8.12. The lowest BCUT2D eigenvalue weighted by atomic mass is 9.91. The minimum absolute atomic E-state index is 0.189. The summed E-state index contributed by atoms with van der Waals surface area (Å²) in [5.41, 5.74) is 8.35. The molecule has 10 nitrogen and oxygen atoms in total. The Kier molecular flexibility index (Phi) is 4.73. The number of ether oxygens (including phenoxy) is 1. The molecule has 11 heteroatoms. The Morgan fingerprint density at radius 1 is 1.10 bits per heavy atom. The summed E-state index contributed by atoms with van der Waals surface area (Å²) in [6.07, 6.45) is 6.81. The van der Waals surface area contributed by atoms with Gasteiger partial charge in [0.2, 0.25) is 11.9 Å². The van der Waals surface area contributed by atoms with Gasteiger partial charge in [-0.15, -0.1) is 0 Å². The maximum absolute atomic E-state index is 11.9. The van der Waals surface area contributed by atoms with E-state index in [1.165, 1.54) is 6.26 Å². The van der Waals surface area contributed by atoms with Crippen LogP contribution in [0.4, 0.5) is 17.7 Å². The molecule has 2 aliphatic heterocycles. The quantitative estimate of drug-likeness (QED) is 0.721. The molecule has 1 aliphatic carbocycles. The number of hydrogen-bond acceptors (Lipinski definition) is 10. The average Bonchev–Trinajstić information content (AvgIpc) is 3.10. The van der Waals surface area contributed by atoms with Crippen molar-refractivity contribution >= 4 is 27.6 Å². The molecule has 30 heavy (non-hydrogen) atoms. The van der Waals surface area contributed by atoms with Gasteiger partial charge in [0, 0.05) is 55.5 Å². The van der Waals surface area contributed by atoms with Gasteiger partial charge in [-0.1, -0.05) is 0 Å². The average molecular weight is 432 g/mol. The number of anilines is 3. The molecule has 0 atom stereocenters. The molecule has 2 fully saturated rings. The number of fused-ring (bicyclic) bond motifs is 1. The van der Waals surface area contributed by atoms with Gasteiger partial charge in [0.05, 0.1) is 24.2 Å². The van der Waals surface area contributed by atoms with E-state index in [1.807, 2.05) is 0 Å². The Labute approximate surface area is 175 Å². The predicted molar refractivity (Wildman–Crippen MR) is 113 cm³/mol. The number of rotatable bonds is 4. The van der Waals surface area contributed by atoms with Crippen LogP contribution in [0.2, 0.25) is 0 Å². The zero-order chi connectivity index (χ0) is 20.9. The van der Waals surface area contributed by atoms with Gasteiger partial charge < -0.3 is 20.3 Å². The first-order chi connectivity index (χ1) is 14.4. The second kappa shape index (κ2) is 7.31. The van der Waals surface area contributed by atoms with Crippen molar-refractivity contribution in [2.24, 2.45) is 0 Å².